The van der Waals surface area contributed by atoms with E-state index in [-0.39, 0.29) is 11.8 Å². The van der Waals surface area contributed by atoms with Crippen molar-refractivity contribution in [1.29, 1.82) is 0 Å². The number of quaternary nitrogens is 1. The van der Waals surface area contributed by atoms with Crippen LogP contribution in [0.5, 0.6) is 0 Å². The molecular formula is C18H26F3N2O+. The Hall–Kier alpha value is -1.56. The lowest BCUT2D eigenvalue weighted by Crippen LogP contribution is -3.12. The van der Waals surface area contributed by atoms with Crippen LogP contribution < -0.4 is 4.90 Å². The molecule has 1 amide bonds. The van der Waals surface area contributed by atoms with Gasteiger partial charge in [0.15, 0.2) is 0 Å². The summed E-state index contributed by atoms with van der Waals surface area (Å²) in [5, 5.41) is 0. The molecule has 1 saturated heterocycles. The fraction of sp³-hybridized carbons (Fsp3) is 0.611. The van der Waals surface area contributed by atoms with E-state index in [1.807, 2.05) is 18.7 Å². The maximum Gasteiger partial charge on any atom is 0.416 e. The number of nitrogens with one attached hydrogen (secondary N) is 1. The Labute approximate surface area is 141 Å². The third-order valence-corrected chi connectivity index (χ3v) is 4.78. The number of piperidine rings is 1. The van der Waals surface area contributed by atoms with Crippen LogP contribution in [0.4, 0.5) is 13.2 Å². The first-order chi connectivity index (χ1) is 11.3. The molecule has 3 nitrogen and oxygen atoms in total. The van der Waals surface area contributed by atoms with E-state index in [0.717, 1.165) is 56.7 Å². The van der Waals surface area contributed by atoms with Crippen LogP contribution in [-0.2, 0) is 17.5 Å². The van der Waals surface area contributed by atoms with Crippen molar-refractivity contribution in [3.8, 4) is 0 Å². The van der Waals surface area contributed by atoms with Gasteiger partial charge < -0.3 is 9.80 Å². The minimum atomic E-state index is -4.29. The van der Waals surface area contributed by atoms with Gasteiger partial charge in [0.1, 0.15) is 6.54 Å². The second kappa shape index (κ2) is 8.01. The van der Waals surface area contributed by atoms with E-state index in [4.69, 9.17) is 0 Å². The number of carbonyl (C=O) groups is 1. The molecule has 0 saturated carbocycles. The van der Waals surface area contributed by atoms with Gasteiger partial charge in [0.05, 0.1) is 24.6 Å². The van der Waals surface area contributed by atoms with Crippen LogP contribution in [0.25, 0.3) is 0 Å². The molecule has 1 unspecified atom stereocenters. The number of likely N-dealkylation sites (tertiary alicyclic amines) is 1. The third kappa shape index (κ3) is 4.72. The van der Waals surface area contributed by atoms with Crippen molar-refractivity contribution >= 4 is 5.91 Å². The minimum Gasteiger partial charge on any atom is -0.343 e. The van der Waals surface area contributed by atoms with Crippen molar-refractivity contribution in [2.45, 2.75) is 39.4 Å². The van der Waals surface area contributed by atoms with Gasteiger partial charge in [-0.25, -0.2) is 0 Å². The van der Waals surface area contributed by atoms with Crippen LogP contribution >= 0.6 is 0 Å². The SMILES string of the molecule is CCN(CC)C(=O)[C@@H]1CCC[NH+](Cc2ccc(C(F)(F)F)cc2)C1. The Balaban J connectivity index is 1.96. The van der Waals surface area contributed by atoms with E-state index >= 15 is 0 Å². The van der Waals surface area contributed by atoms with Gasteiger partial charge in [0.2, 0.25) is 5.91 Å². The molecule has 134 valence electrons. The standard InChI is InChI=1S/C18H25F3N2O/c1-3-23(4-2)17(24)15-6-5-11-22(13-15)12-14-7-9-16(10-8-14)18(19,20)21/h7-10,15H,3-6,11-13H2,1-2H3/p+1/t15-/m1/s1. The molecule has 24 heavy (non-hydrogen) atoms. The molecule has 1 fully saturated rings. The smallest absolute Gasteiger partial charge is 0.343 e. The van der Waals surface area contributed by atoms with Crippen LogP contribution in [0, 0.1) is 5.92 Å². The zero-order valence-electron chi connectivity index (χ0n) is 14.3. The predicted molar refractivity (Wildman–Crippen MR) is 86.5 cm³/mol. The minimum absolute atomic E-state index is 0.0306. The molecule has 1 aliphatic heterocycles. The quantitative estimate of drug-likeness (QED) is 0.872. The lowest BCUT2D eigenvalue weighted by Gasteiger charge is -2.32. The molecule has 0 aliphatic carbocycles. The fourth-order valence-corrected chi connectivity index (χ4v) is 3.42. The van der Waals surface area contributed by atoms with Gasteiger partial charge >= 0.3 is 6.18 Å². The van der Waals surface area contributed by atoms with Gasteiger partial charge in [0, 0.05) is 18.7 Å². The number of nitrogens with zero attached hydrogens (tertiary/aromatic N) is 1. The highest BCUT2D eigenvalue weighted by atomic mass is 19.4. The molecule has 1 aromatic rings. The van der Waals surface area contributed by atoms with E-state index in [9.17, 15) is 18.0 Å². The molecule has 1 heterocycles. The summed E-state index contributed by atoms with van der Waals surface area (Å²) >= 11 is 0. The summed E-state index contributed by atoms with van der Waals surface area (Å²) < 4.78 is 37.8. The van der Waals surface area contributed by atoms with Crippen molar-refractivity contribution in [1.82, 2.24) is 4.90 Å². The molecule has 6 heteroatoms. The summed E-state index contributed by atoms with van der Waals surface area (Å²) in [6, 6.07) is 5.37. The molecule has 2 rings (SSSR count). The van der Waals surface area contributed by atoms with Crippen molar-refractivity contribution in [3.63, 3.8) is 0 Å². The Morgan fingerprint density at radius 1 is 1.21 bits per heavy atom. The van der Waals surface area contributed by atoms with Crippen LogP contribution in [0.15, 0.2) is 24.3 Å². The molecule has 0 bridgehead atoms. The second-order valence-corrected chi connectivity index (χ2v) is 6.43. The zero-order chi connectivity index (χ0) is 17.7. The van der Waals surface area contributed by atoms with E-state index in [1.54, 1.807) is 12.1 Å². The van der Waals surface area contributed by atoms with Gasteiger partial charge in [0.25, 0.3) is 0 Å². The third-order valence-electron chi connectivity index (χ3n) is 4.78. The second-order valence-electron chi connectivity index (χ2n) is 6.43. The topological polar surface area (TPSA) is 24.8 Å². The van der Waals surface area contributed by atoms with Crippen molar-refractivity contribution in [3.05, 3.63) is 35.4 Å². The highest BCUT2D eigenvalue weighted by Crippen LogP contribution is 2.29. The van der Waals surface area contributed by atoms with Crippen LogP contribution in [0.1, 0.15) is 37.8 Å². The normalized spacial score (nSPS) is 21.5. The van der Waals surface area contributed by atoms with Crippen molar-refractivity contribution in [2.75, 3.05) is 26.2 Å². The Kier molecular flexibility index (Phi) is 6.27. The zero-order valence-corrected chi connectivity index (χ0v) is 14.3. The van der Waals surface area contributed by atoms with Gasteiger partial charge in [-0.2, -0.15) is 13.2 Å². The molecule has 0 spiro atoms. The lowest BCUT2D eigenvalue weighted by atomic mass is 9.96. The largest absolute Gasteiger partial charge is 0.416 e. The van der Waals surface area contributed by atoms with E-state index in [2.05, 4.69) is 0 Å². The predicted octanol–water partition coefficient (Wildman–Crippen LogP) is 2.37. The first-order valence-electron chi connectivity index (χ1n) is 8.63. The maximum absolute atomic E-state index is 12.6. The molecule has 1 N–H and O–H groups in total. The number of hydrogen-bond acceptors (Lipinski definition) is 1. The van der Waals surface area contributed by atoms with E-state index in [1.165, 1.54) is 4.90 Å². The first kappa shape index (κ1) is 18.8. The molecule has 1 aromatic carbocycles. The molecule has 0 aromatic heterocycles. The van der Waals surface area contributed by atoms with E-state index in [0.29, 0.717) is 6.54 Å². The number of amides is 1. The van der Waals surface area contributed by atoms with Gasteiger partial charge in [-0.3, -0.25) is 4.79 Å². The summed E-state index contributed by atoms with van der Waals surface area (Å²) in [6.45, 7) is 7.80. The number of halogens is 3. The van der Waals surface area contributed by atoms with Crippen molar-refractivity contribution < 1.29 is 22.9 Å². The fourth-order valence-electron chi connectivity index (χ4n) is 3.42. The summed E-state index contributed by atoms with van der Waals surface area (Å²) in [6.07, 6.45) is -2.41. The van der Waals surface area contributed by atoms with E-state index < -0.39 is 11.7 Å². The summed E-state index contributed by atoms with van der Waals surface area (Å²) in [7, 11) is 0. The van der Waals surface area contributed by atoms with Crippen LogP contribution in [-0.4, -0.2) is 37.0 Å². The first-order valence-corrected chi connectivity index (χ1v) is 8.63. The number of alkyl halides is 3. The monoisotopic (exact) mass is 343 g/mol. The van der Waals surface area contributed by atoms with Crippen LogP contribution in [0.3, 0.4) is 0 Å². The summed E-state index contributed by atoms with van der Waals surface area (Å²) in [4.78, 5) is 15.6. The van der Waals surface area contributed by atoms with Gasteiger partial charge in [-0.15, -0.1) is 0 Å². The average molecular weight is 343 g/mol. The number of rotatable bonds is 5. The number of benzene rings is 1. The number of hydrogen-bond donors (Lipinski definition) is 1. The maximum atomic E-state index is 12.6. The van der Waals surface area contributed by atoms with Gasteiger partial charge in [-0.05, 0) is 38.8 Å². The Morgan fingerprint density at radius 3 is 2.38 bits per heavy atom. The molecular weight excluding hydrogens is 317 g/mol. The molecule has 1 aliphatic rings. The highest BCUT2D eigenvalue weighted by Gasteiger charge is 2.32. The van der Waals surface area contributed by atoms with Crippen LogP contribution in [0.2, 0.25) is 0 Å². The molecule has 2 atom stereocenters. The lowest BCUT2D eigenvalue weighted by molar-refractivity contribution is -0.921. The molecule has 0 radical (unpaired) electrons. The summed E-state index contributed by atoms with van der Waals surface area (Å²) in [5.41, 5.74) is 0.267. The Bertz CT molecular complexity index is 538. The number of carbonyl (C=O) groups excluding carboxylic acids is 1. The summed E-state index contributed by atoms with van der Waals surface area (Å²) in [5.74, 6) is 0.243. The Morgan fingerprint density at radius 2 is 1.83 bits per heavy atom. The average Bonchev–Trinajstić information content (AvgIpc) is 2.56. The highest BCUT2D eigenvalue weighted by molar-refractivity contribution is 5.78. The van der Waals surface area contributed by atoms with Gasteiger partial charge in [-0.1, -0.05) is 12.1 Å². The van der Waals surface area contributed by atoms with Crippen molar-refractivity contribution in [2.24, 2.45) is 5.92 Å².